The Balaban J connectivity index is 2.79. The van der Waals surface area contributed by atoms with Gasteiger partial charge in [-0.3, -0.25) is 0 Å². The maximum atomic E-state index is 12.0. The van der Waals surface area contributed by atoms with E-state index in [9.17, 15) is 9.59 Å². The quantitative estimate of drug-likeness (QED) is 0.748. The Hall–Kier alpha value is -2.04. The lowest BCUT2D eigenvalue weighted by Crippen LogP contribution is -2.53. The highest BCUT2D eigenvalue weighted by Crippen LogP contribution is 2.17. The molecular formula is C15H22N2O3. The van der Waals surface area contributed by atoms with Crippen LogP contribution < -0.4 is 10.6 Å². The molecule has 2 amide bonds. The molecule has 0 radical (unpaired) electrons. The largest absolute Gasteiger partial charge is 0.480 e. The van der Waals surface area contributed by atoms with E-state index in [0.717, 1.165) is 24.1 Å². The van der Waals surface area contributed by atoms with Crippen LogP contribution >= 0.6 is 0 Å². The van der Waals surface area contributed by atoms with E-state index in [1.54, 1.807) is 6.92 Å². The predicted octanol–water partition coefficient (Wildman–Crippen LogP) is 3.01. The maximum Gasteiger partial charge on any atom is 0.329 e. The summed E-state index contributed by atoms with van der Waals surface area (Å²) in [5.74, 6) is -1.04. The number of hydrogen-bond donors (Lipinski definition) is 3. The molecule has 0 saturated carbocycles. The van der Waals surface area contributed by atoms with Crippen LogP contribution in [0, 0.1) is 0 Å². The van der Waals surface area contributed by atoms with Crippen molar-refractivity contribution in [2.24, 2.45) is 0 Å². The Labute approximate surface area is 119 Å². The summed E-state index contributed by atoms with van der Waals surface area (Å²) in [6.07, 6.45) is 2.15. The fraction of sp³-hybridized carbons (Fsp3) is 0.467. The van der Waals surface area contributed by atoms with Crippen LogP contribution in [-0.4, -0.2) is 22.6 Å². The number of nitrogens with one attached hydrogen (secondary N) is 2. The number of amides is 2. The van der Waals surface area contributed by atoms with Crippen molar-refractivity contribution in [2.75, 3.05) is 5.32 Å². The van der Waals surface area contributed by atoms with Gasteiger partial charge in [-0.15, -0.1) is 0 Å². The van der Waals surface area contributed by atoms with Gasteiger partial charge in [0.25, 0.3) is 0 Å². The molecule has 0 bridgehead atoms. The summed E-state index contributed by atoms with van der Waals surface area (Å²) < 4.78 is 0. The molecule has 0 aliphatic rings. The molecule has 3 N–H and O–H groups in total. The van der Waals surface area contributed by atoms with E-state index in [4.69, 9.17) is 5.11 Å². The van der Waals surface area contributed by atoms with E-state index in [2.05, 4.69) is 17.6 Å². The smallest absolute Gasteiger partial charge is 0.329 e. The van der Waals surface area contributed by atoms with Crippen LogP contribution in [0.15, 0.2) is 24.3 Å². The van der Waals surface area contributed by atoms with Gasteiger partial charge in [0, 0.05) is 5.69 Å². The van der Waals surface area contributed by atoms with Crippen LogP contribution in [-0.2, 0) is 11.2 Å². The van der Waals surface area contributed by atoms with Crippen molar-refractivity contribution in [3.05, 3.63) is 29.8 Å². The Bertz CT molecular complexity index is 488. The molecule has 0 aromatic heterocycles. The van der Waals surface area contributed by atoms with Gasteiger partial charge < -0.3 is 15.7 Å². The van der Waals surface area contributed by atoms with Gasteiger partial charge in [0.05, 0.1) is 0 Å². The SMILES string of the molecule is CCCc1ccccc1NC(=O)NC(C)(CC)C(=O)O. The summed E-state index contributed by atoms with van der Waals surface area (Å²) in [7, 11) is 0. The number of carboxylic acids is 1. The minimum absolute atomic E-state index is 0.312. The fourth-order valence-corrected chi connectivity index (χ4v) is 1.83. The number of hydrogen-bond acceptors (Lipinski definition) is 2. The molecular weight excluding hydrogens is 256 g/mol. The number of carbonyl (C=O) groups is 2. The molecule has 0 spiro atoms. The maximum absolute atomic E-state index is 12.0. The summed E-state index contributed by atoms with van der Waals surface area (Å²) in [6, 6.07) is 7.02. The number of aliphatic carboxylic acids is 1. The molecule has 5 nitrogen and oxygen atoms in total. The molecule has 0 aliphatic carbocycles. The topological polar surface area (TPSA) is 78.4 Å². The molecule has 0 saturated heterocycles. The normalized spacial score (nSPS) is 13.3. The lowest BCUT2D eigenvalue weighted by Gasteiger charge is -2.25. The van der Waals surface area contributed by atoms with Crippen molar-refractivity contribution in [1.29, 1.82) is 0 Å². The zero-order chi connectivity index (χ0) is 15.2. The number of benzene rings is 1. The summed E-state index contributed by atoms with van der Waals surface area (Å²) >= 11 is 0. The van der Waals surface area contributed by atoms with Gasteiger partial charge in [-0.2, -0.15) is 0 Å². The molecule has 1 atom stereocenters. The van der Waals surface area contributed by atoms with E-state index in [0.29, 0.717) is 6.42 Å². The van der Waals surface area contributed by atoms with E-state index >= 15 is 0 Å². The number of rotatable bonds is 6. The van der Waals surface area contributed by atoms with Gasteiger partial charge in [-0.05, 0) is 31.4 Å². The van der Waals surface area contributed by atoms with Crippen LogP contribution in [0.1, 0.15) is 39.2 Å². The van der Waals surface area contributed by atoms with Gasteiger partial charge in [0.1, 0.15) is 5.54 Å². The zero-order valence-corrected chi connectivity index (χ0v) is 12.2. The summed E-state index contributed by atoms with van der Waals surface area (Å²) in [4.78, 5) is 23.1. The molecule has 1 unspecified atom stereocenters. The number of carboxylic acid groups (broad SMARTS) is 1. The second-order valence-electron chi connectivity index (χ2n) is 4.98. The first-order valence-electron chi connectivity index (χ1n) is 6.83. The second kappa shape index (κ2) is 6.93. The lowest BCUT2D eigenvalue weighted by molar-refractivity contribution is -0.143. The van der Waals surface area contributed by atoms with E-state index in [-0.39, 0.29) is 0 Å². The second-order valence-corrected chi connectivity index (χ2v) is 4.98. The average molecular weight is 278 g/mol. The minimum atomic E-state index is -1.26. The van der Waals surface area contributed by atoms with Gasteiger partial charge >= 0.3 is 12.0 Å². The molecule has 110 valence electrons. The number of carbonyl (C=O) groups excluding carboxylic acids is 1. The summed E-state index contributed by atoms with van der Waals surface area (Å²) in [6.45, 7) is 5.28. The Morgan fingerprint density at radius 1 is 1.25 bits per heavy atom. The highest BCUT2D eigenvalue weighted by atomic mass is 16.4. The number of anilines is 1. The van der Waals surface area contributed by atoms with E-state index < -0.39 is 17.5 Å². The number of urea groups is 1. The lowest BCUT2D eigenvalue weighted by atomic mass is 10.00. The number of para-hydroxylation sites is 1. The summed E-state index contributed by atoms with van der Waals surface area (Å²) in [5.41, 5.74) is 0.499. The van der Waals surface area contributed by atoms with E-state index in [1.807, 2.05) is 24.3 Å². The molecule has 0 heterocycles. The molecule has 0 aliphatic heterocycles. The third kappa shape index (κ3) is 3.98. The first kappa shape index (κ1) is 16.0. The van der Waals surface area contributed by atoms with Crippen LogP contribution in [0.3, 0.4) is 0 Å². The van der Waals surface area contributed by atoms with Gasteiger partial charge in [-0.1, -0.05) is 38.5 Å². The van der Waals surface area contributed by atoms with Gasteiger partial charge in [0.2, 0.25) is 0 Å². The molecule has 1 rings (SSSR count). The third-order valence-corrected chi connectivity index (χ3v) is 3.35. The standard InChI is InChI=1S/C15H22N2O3/c1-4-8-11-9-6-7-10-12(11)16-14(20)17-15(3,5-2)13(18)19/h6-7,9-10H,4-5,8H2,1-3H3,(H,18,19)(H2,16,17,20). The molecule has 0 fully saturated rings. The first-order chi connectivity index (χ1) is 9.42. The van der Waals surface area contributed by atoms with E-state index in [1.165, 1.54) is 6.92 Å². The van der Waals surface area contributed by atoms with Crippen molar-refractivity contribution < 1.29 is 14.7 Å². The Kier molecular flexibility index (Phi) is 5.55. The van der Waals surface area contributed by atoms with Crippen molar-refractivity contribution in [3.8, 4) is 0 Å². The average Bonchev–Trinajstić information content (AvgIpc) is 2.40. The van der Waals surface area contributed by atoms with Gasteiger partial charge in [0.15, 0.2) is 0 Å². The molecule has 1 aromatic rings. The van der Waals surface area contributed by atoms with Crippen LogP contribution in [0.4, 0.5) is 10.5 Å². The van der Waals surface area contributed by atoms with Crippen LogP contribution in [0.2, 0.25) is 0 Å². The van der Waals surface area contributed by atoms with Gasteiger partial charge in [-0.25, -0.2) is 9.59 Å². The Morgan fingerprint density at radius 3 is 2.45 bits per heavy atom. The number of aryl methyl sites for hydroxylation is 1. The highest BCUT2D eigenvalue weighted by molar-refractivity contribution is 5.94. The van der Waals surface area contributed by atoms with Crippen LogP contribution in [0.25, 0.3) is 0 Å². The fourth-order valence-electron chi connectivity index (χ4n) is 1.83. The minimum Gasteiger partial charge on any atom is -0.480 e. The highest BCUT2D eigenvalue weighted by Gasteiger charge is 2.32. The summed E-state index contributed by atoms with van der Waals surface area (Å²) in [5, 5.41) is 14.4. The monoisotopic (exact) mass is 278 g/mol. The molecule has 5 heteroatoms. The molecule has 20 heavy (non-hydrogen) atoms. The molecule has 1 aromatic carbocycles. The first-order valence-corrected chi connectivity index (χ1v) is 6.83. The zero-order valence-electron chi connectivity index (χ0n) is 12.2. The van der Waals surface area contributed by atoms with Crippen LogP contribution in [0.5, 0.6) is 0 Å². The van der Waals surface area contributed by atoms with Crippen molar-refractivity contribution >= 4 is 17.7 Å². The Morgan fingerprint density at radius 2 is 1.90 bits per heavy atom. The predicted molar refractivity (Wildman–Crippen MR) is 78.9 cm³/mol. The van der Waals surface area contributed by atoms with Crippen molar-refractivity contribution in [2.45, 2.75) is 45.6 Å². The third-order valence-electron chi connectivity index (χ3n) is 3.35. The van der Waals surface area contributed by atoms with Crippen molar-refractivity contribution in [1.82, 2.24) is 5.32 Å². The van der Waals surface area contributed by atoms with Crippen molar-refractivity contribution in [3.63, 3.8) is 0 Å².